The lowest BCUT2D eigenvalue weighted by atomic mass is 10.1. The van der Waals surface area contributed by atoms with E-state index < -0.39 is 0 Å². The second kappa shape index (κ2) is 4.67. The Bertz CT molecular complexity index is 803. The molecular weight excluding hydrogens is 256 g/mol. The highest BCUT2D eigenvalue weighted by atomic mass is 32.1. The van der Waals surface area contributed by atoms with Crippen LogP contribution in [0.3, 0.4) is 0 Å². The molecule has 3 rings (SSSR count). The third-order valence-corrected chi connectivity index (χ3v) is 4.07. The molecule has 0 saturated carbocycles. The average molecular weight is 270 g/mol. The molecule has 0 unspecified atom stereocenters. The second-order valence-electron chi connectivity index (χ2n) is 4.72. The maximum absolute atomic E-state index is 12.6. The highest BCUT2D eigenvalue weighted by Crippen LogP contribution is 2.30. The zero-order chi connectivity index (χ0) is 13.4. The Morgan fingerprint density at radius 1 is 1.00 bits per heavy atom. The third-order valence-electron chi connectivity index (χ3n) is 2.93. The van der Waals surface area contributed by atoms with Gasteiger partial charge in [0.15, 0.2) is 5.43 Å². The standard InChI is InChI=1S/C16H14O2S/c1-10(2)18-12-7-5-9-14-15(12)16(17)11-6-3-4-8-13(11)19-14/h3-10H,1-2H3. The predicted molar refractivity (Wildman–Crippen MR) is 81.4 cm³/mol. The zero-order valence-electron chi connectivity index (χ0n) is 10.8. The van der Waals surface area contributed by atoms with E-state index >= 15 is 0 Å². The van der Waals surface area contributed by atoms with E-state index in [0.29, 0.717) is 11.1 Å². The lowest BCUT2D eigenvalue weighted by molar-refractivity contribution is 0.245. The summed E-state index contributed by atoms with van der Waals surface area (Å²) >= 11 is 1.63. The van der Waals surface area contributed by atoms with E-state index in [4.69, 9.17) is 4.74 Å². The van der Waals surface area contributed by atoms with E-state index in [1.54, 1.807) is 11.3 Å². The van der Waals surface area contributed by atoms with Crippen molar-refractivity contribution < 1.29 is 4.74 Å². The molecule has 0 spiro atoms. The summed E-state index contributed by atoms with van der Waals surface area (Å²) < 4.78 is 7.75. The Hall–Kier alpha value is -1.87. The van der Waals surface area contributed by atoms with E-state index in [1.807, 2.05) is 56.3 Å². The molecule has 19 heavy (non-hydrogen) atoms. The van der Waals surface area contributed by atoms with Gasteiger partial charge in [-0.25, -0.2) is 0 Å². The smallest absolute Gasteiger partial charge is 0.199 e. The summed E-state index contributed by atoms with van der Waals surface area (Å²) in [4.78, 5) is 12.6. The molecule has 1 heterocycles. The number of hydrogen-bond acceptors (Lipinski definition) is 3. The largest absolute Gasteiger partial charge is 0.490 e. The Balaban J connectivity index is 2.42. The van der Waals surface area contributed by atoms with Crippen LogP contribution in [0.15, 0.2) is 47.3 Å². The number of rotatable bonds is 2. The van der Waals surface area contributed by atoms with E-state index in [0.717, 1.165) is 14.8 Å². The minimum atomic E-state index is 0.0561. The van der Waals surface area contributed by atoms with E-state index in [-0.39, 0.29) is 11.5 Å². The molecule has 0 aliphatic carbocycles. The van der Waals surface area contributed by atoms with Crippen molar-refractivity contribution in [3.63, 3.8) is 0 Å². The average Bonchev–Trinajstić information content (AvgIpc) is 2.38. The Labute approximate surface area is 115 Å². The summed E-state index contributed by atoms with van der Waals surface area (Å²) in [6, 6.07) is 13.5. The molecule has 2 aromatic carbocycles. The van der Waals surface area contributed by atoms with Crippen LogP contribution in [0.4, 0.5) is 0 Å². The molecule has 3 aromatic rings. The minimum absolute atomic E-state index is 0.0561. The van der Waals surface area contributed by atoms with Crippen molar-refractivity contribution in [3.05, 3.63) is 52.7 Å². The van der Waals surface area contributed by atoms with Crippen LogP contribution < -0.4 is 10.2 Å². The Morgan fingerprint density at radius 2 is 1.74 bits per heavy atom. The van der Waals surface area contributed by atoms with E-state index in [9.17, 15) is 4.79 Å². The Morgan fingerprint density at radius 3 is 2.53 bits per heavy atom. The molecule has 1 aromatic heterocycles. The van der Waals surface area contributed by atoms with Gasteiger partial charge in [0.1, 0.15) is 5.75 Å². The SMILES string of the molecule is CC(C)Oc1cccc2sc3ccccc3c(=O)c12. The van der Waals surface area contributed by atoms with E-state index in [1.165, 1.54) is 0 Å². The number of benzene rings is 2. The fourth-order valence-corrected chi connectivity index (χ4v) is 3.26. The summed E-state index contributed by atoms with van der Waals surface area (Å²) in [6.07, 6.45) is 0.0569. The quantitative estimate of drug-likeness (QED) is 0.652. The maximum Gasteiger partial charge on any atom is 0.199 e. The molecule has 0 aliphatic heterocycles. The first-order chi connectivity index (χ1) is 9.16. The van der Waals surface area contributed by atoms with Gasteiger partial charge in [-0.15, -0.1) is 11.3 Å². The first kappa shape index (κ1) is 12.2. The summed E-state index contributed by atoms with van der Waals surface area (Å²) in [7, 11) is 0. The molecule has 0 fully saturated rings. The third kappa shape index (κ3) is 2.10. The van der Waals surface area contributed by atoms with Crippen LogP contribution in [0.2, 0.25) is 0 Å². The van der Waals surface area contributed by atoms with Crippen molar-refractivity contribution in [2.24, 2.45) is 0 Å². The molecule has 2 nitrogen and oxygen atoms in total. The van der Waals surface area contributed by atoms with E-state index in [2.05, 4.69) is 0 Å². The fourth-order valence-electron chi connectivity index (χ4n) is 2.17. The molecule has 96 valence electrons. The van der Waals surface area contributed by atoms with Crippen LogP contribution in [0, 0.1) is 0 Å². The molecule has 0 N–H and O–H groups in total. The van der Waals surface area contributed by atoms with Crippen molar-refractivity contribution in [3.8, 4) is 5.75 Å². The van der Waals surface area contributed by atoms with Crippen LogP contribution >= 0.6 is 11.3 Å². The molecule has 0 amide bonds. The number of ether oxygens (including phenoxy) is 1. The first-order valence-electron chi connectivity index (χ1n) is 6.28. The van der Waals surface area contributed by atoms with Crippen LogP contribution in [-0.2, 0) is 0 Å². The topological polar surface area (TPSA) is 26.3 Å². The van der Waals surface area contributed by atoms with Gasteiger partial charge in [0.25, 0.3) is 0 Å². The van der Waals surface area contributed by atoms with Crippen LogP contribution in [0.5, 0.6) is 5.75 Å². The van der Waals surface area contributed by atoms with Crippen molar-refractivity contribution >= 4 is 31.5 Å². The highest BCUT2D eigenvalue weighted by Gasteiger charge is 2.11. The van der Waals surface area contributed by atoms with Gasteiger partial charge in [-0.2, -0.15) is 0 Å². The molecule has 0 bridgehead atoms. The monoisotopic (exact) mass is 270 g/mol. The summed E-state index contributed by atoms with van der Waals surface area (Å²) in [5.41, 5.74) is 0.0561. The first-order valence-corrected chi connectivity index (χ1v) is 7.09. The normalized spacial score (nSPS) is 11.3. The molecule has 3 heteroatoms. The minimum Gasteiger partial charge on any atom is -0.490 e. The van der Waals surface area contributed by atoms with Crippen LogP contribution in [-0.4, -0.2) is 6.10 Å². The van der Waals surface area contributed by atoms with Gasteiger partial charge in [0, 0.05) is 14.8 Å². The summed E-state index contributed by atoms with van der Waals surface area (Å²) in [5, 5.41) is 1.46. The Kier molecular flexibility index (Phi) is 2.99. The molecular formula is C16H14O2S. The number of hydrogen-bond donors (Lipinski definition) is 0. The fraction of sp³-hybridized carbons (Fsp3) is 0.188. The van der Waals surface area contributed by atoms with Crippen LogP contribution in [0.1, 0.15) is 13.8 Å². The zero-order valence-corrected chi connectivity index (χ0v) is 11.7. The van der Waals surface area contributed by atoms with Crippen molar-refractivity contribution in [1.82, 2.24) is 0 Å². The highest BCUT2D eigenvalue weighted by molar-refractivity contribution is 7.24. The second-order valence-corrected chi connectivity index (χ2v) is 5.81. The maximum atomic E-state index is 12.6. The van der Waals surface area contributed by atoms with Gasteiger partial charge in [0.05, 0.1) is 11.5 Å². The predicted octanol–water partition coefficient (Wildman–Crippen LogP) is 4.20. The van der Waals surface area contributed by atoms with Crippen molar-refractivity contribution in [2.45, 2.75) is 20.0 Å². The van der Waals surface area contributed by atoms with Gasteiger partial charge < -0.3 is 4.74 Å². The molecule has 0 atom stereocenters. The van der Waals surface area contributed by atoms with Gasteiger partial charge in [-0.1, -0.05) is 18.2 Å². The molecule has 0 radical (unpaired) electrons. The molecule has 0 aliphatic rings. The van der Waals surface area contributed by atoms with Crippen LogP contribution in [0.25, 0.3) is 20.2 Å². The molecule has 0 saturated heterocycles. The van der Waals surface area contributed by atoms with Gasteiger partial charge in [-0.05, 0) is 38.1 Å². The summed E-state index contributed by atoms with van der Waals surface area (Å²) in [6.45, 7) is 3.93. The van der Waals surface area contributed by atoms with Gasteiger partial charge in [0.2, 0.25) is 0 Å². The van der Waals surface area contributed by atoms with Gasteiger partial charge in [-0.3, -0.25) is 4.79 Å². The summed E-state index contributed by atoms with van der Waals surface area (Å²) in [5.74, 6) is 0.680. The van der Waals surface area contributed by atoms with Crippen molar-refractivity contribution in [1.29, 1.82) is 0 Å². The number of fused-ring (bicyclic) bond motifs is 2. The van der Waals surface area contributed by atoms with Gasteiger partial charge >= 0.3 is 0 Å². The lowest BCUT2D eigenvalue weighted by Crippen LogP contribution is -2.09. The lowest BCUT2D eigenvalue weighted by Gasteiger charge is -2.12. The van der Waals surface area contributed by atoms with Crippen molar-refractivity contribution in [2.75, 3.05) is 0 Å².